The average molecular weight is 413 g/mol. The van der Waals surface area contributed by atoms with Gasteiger partial charge in [-0.15, -0.1) is 11.3 Å². The second-order valence-electron chi connectivity index (χ2n) is 6.56. The van der Waals surface area contributed by atoms with Gasteiger partial charge < -0.3 is 5.32 Å². The summed E-state index contributed by atoms with van der Waals surface area (Å²) in [6, 6.07) is 7.38. The van der Waals surface area contributed by atoms with E-state index in [0.29, 0.717) is 21.6 Å². The fourth-order valence-corrected chi connectivity index (χ4v) is 3.82. The van der Waals surface area contributed by atoms with Crippen molar-refractivity contribution in [2.45, 2.75) is 20.4 Å². The molecule has 1 aromatic carbocycles. The molecular formula is C19H16FN5O3S. The van der Waals surface area contributed by atoms with Crippen LogP contribution < -0.4 is 16.6 Å². The summed E-state index contributed by atoms with van der Waals surface area (Å²) < 4.78 is 16.4. The van der Waals surface area contributed by atoms with Crippen molar-refractivity contribution in [3.63, 3.8) is 0 Å². The maximum atomic E-state index is 14.0. The van der Waals surface area contributed by atoms with Gasteiger partial charge in [0.05, 0.1) is 11.2 Å². The lowest BCUT2D eigenvalue weighted by atomic mass is 10.2. The van der Waals surface area contributed by atoms with Crippen LogP contribution >= 0.6 is 11.3 Å². The van der Waals surface area contributed by atoms with E-state index in [-0.39, 0.29) is 12.2 Å². The number of carbonyl (C=O) groups excluding carboxylic acids is 1. The van der Waals surface area contributed by atoms with E-state index in [4.69, 9.17) is 0 Å². The van der Waals surface area contributed by atoms with Gasteiger partial charge in [-0.1, -0.05) is 6.07 Å². The number of rotatable bonds is 4. The number of halogens is 1. The highest BCUT2D eigenvalue weighted by atomic mass is 32.1. The number of hydrogen-bond donors (Lipinski definition) is 2. The van der Waals surface area contributed by atoms with E-state index in [1.54, 1.807) is 31.4 Å². The van der Waals surface area contributed by atoms with Crippen LogP contribution in [-0.4, -0.2) is 25.2 Å². The van der Waals surface area contributed by atoms with Gasteiger partial charge in [0.1, 0.15) is 17.1 Å². The van der Waals surface area contributed by atoms with Gasteiger partial charge in [-0.05, 0) is 43.0 Å². The molecule has 3 aromatic heterocycles. The first-order valence-corrected chi connectivity index (χ1v) is 9.54. The molecule has 10 heteroatoms. The lowest BCUT2D eigenvalue weighted by molar-refractivity contribution is -0.116. The molecule has 0 unspecified atom stereocenters. The van der Waals surface area contributed by atoms with E-state index < -0.39 is 23.0 Å². The molecule has 0 saturated carbocycles. The predicted molar refractivity (Wildman–Crippen MR) is 108 cm³/mol. The number of fused-ring (bicyclic) bond motifs is 1. The zero-order chi connectivity index (χ0) is 20.7. The Kier molecular flexibility index (Phi) is 4.63. The van der Waals surface area contributed by atoms with Crippen molar-refractivity contribution in [2.75, 3.05) is 5.32 Å². The summed E-state index contributed by atoms with van der Waals surface area (Å²) in [5, 5.41) is 10.9. The van der Waals surface area contributed by atoms with Gasteiger partial charge in [0.25, 0.3) is 5.56 Å². The molecule has 3 heterocycles. The summed E-state index contributed by atoms with van der Waals surface area (Å²) in [6.45, 7) is 3.05. The Morgan fingerprint density at radius 2 is 2.03 bits per heavy atom. The fourth-order valence-electron chi connectivity index (χ4n) is 3.00. The number of nitrogens with one attached hydrogen (secondary N) is 2. The van der Waals surface area contributed by atoms with E-state index >= 15 is 0 Å². The van der Waals surface area contributed by atoms with Crippen LogP contribution in [0.5, 0.6) is 0 Å². The smallest absolute Gasteiger partial charge is 0.308 e. The molecule has 0 spiro atoms. The van der Waals surface area contributed by atoms with Crippen LogP contribution in [-0.2, 0) is 11.3 Å². The highest BCUT2D eigenvalue weighted by Crippen LogP contribution is 2.17. The van der Waals surface area contributed by atoms with Gasteiger partial charge in [-0.3, -0.25) is 19.3 Å². The van der Waals surface area contributed by atoms with Crippen LogP contribution in [0, 0.1) is 19.7 Å². The van der Waals surface area contributed by atoms with Crippen LogP contribution in [0.25, 0.3) is 15.9 Å². The van der Waals surface area contributed by atoms with Crippen molar-refractivity contribution >= 4 is 33.3 Å². The van der Waals surface area contributed by atoms with Gasteiger partial charge in [0.2, 0.25) is 5.91 Å². The zero-order valence-electron chi connectivity index (χ0n) is 15.5. The Balaban J connectivity index is 1.82. The third kappa shape index (κ3) is 3.38. The van der Waals surface area contributed by atoms with Gasteiger partial charge in [0.15, 0.2) is 5.82 Å². The molecule has 0 radical (unpaired) electrons. The molecular weight excluding hydrogens is 397 g/mol. The molecule has 0 aliphatic rings. The third-order valence-electron chi connectivity index (χ3n) is 4.44. The molecule has 29 heavy (non-hydrogen) atoms. The molecule has 0 bridgehead atoms. The molecule has 8 nitrogen and oxygen atoms in total. The minimum atomic E-state index is -0.725. The minimum absolute atomic E-state index is 0.107. The van der Waals surface area contributed by atoms with Crippen molar-refractivity contribution in [3.8, 4) is 5.69 Å². The largest absolute Gasteiger partial charge is 0.336 e. The van der Waals surface area contributed by atoms with Gasteiger partial charge in [-0.2, -0.15) is 5.10 Å². The number of H-pyrrole nitrogens is 1. The number of carbonyl (C=O) groups is 1. The van der Waals surface area contributed by atoms with Gasteiger partial charge in [0, 0.05) is 11.8 Å². The Hall–Kier alpha value is -3.53. The first-order valence-electron chi connectivity index (χ1n) is 8.66. The molecule has 0 saturated heterocycles. The second-order valence-corrected chi connectivity index (χ2v) is 7.48. The molecule has 0 aliphatic heterocycles. The van der Waals surface area contributed by atoms with E-state index in [1.807, 2.05) is 0 Å². The topological polar surface area (TPSA) is 102 Å². The van der Waals surface area contributed by atoms with Crippen molar-refractivity contribution in [3.05, 3.63) is 73.6 Å². The number of amides is 1. The summed E-state index contributed by atoms with van der Waals surface area (Å²) in [5.74, 6) is -0.680. The molecule has 148 valence electrons. The number of anilines is 1. The van der Waals surface area contributed by atoms with Gasteiger partial charge in [-0.25, -0.2) is 13.8 Å². The van der Waals surface area contributed by atoms with Crippen LogP contribution in [0.15, 0.2) is 45.3 Å². The molecule has 2 N–H and O–H groups in total. The van der Waals surface area contributed by atoms with Crippen molar-refractivity contribution in [1.29, 1.82) is 0 Å². The standard InChI is InChI=1S/C19H16FN5O3S/c1-10-3-4-12(8-13(10)20)25-18(27)17-14(5-6-29-17)24(19(25)28)9-16(26)21-15-7-11(2)22-23-15/h3-8H,9H2,1-2H3,(H2,21,22,23,26). The summed E-state index contributed by atoms with van der Waals surface area (Å²) >= 11 is 1.15. The lowest BCUT2D eigenvalue weighted by Gasteiger charge is -2.12. The quantitative estimate of drug-likeness (QED) is 0.536. The highest BCUT2D eigenvalue weighted by Gasteiger charge is 2.18. The fraction of sp³-hybridized carbons (Fsp3) is 0.158. The zero-order valence-corrected chi connectivity index (χ0v) is 16.3. The Bertz CT molecular complexity index is 1360. The van der Waals surface area contributed by atoms with E-state index in [1.165, 1.54) is 16.7 Å². The maximum Gasteiger partial charge on any atom is 0.336 e. The van der Waals surface area contributed by atoms with Crippen LogP contribution in [0.4, 0.5) is 10.2 Å². The van der Waals surface area contributed by atoms with E-state index in [0.717, 1.165) is 27.7 Å². The highest BCUT2D eigenvalue weighted by molar-refractivity contribution is 7.17. The van der Waals surface area contributed by atoms with Crippen molar-refractivity contribution < 1.29 is 9.18 Å². The molecule has 4 rings (SSSR count). The Labute approximate surface area is 167 Å². The second kappa shape index (κ2) is 7.13. The first kappa shape index (κ1) is 18.8. The Morgan fingerprint density at radius 3 is 2.72 bits per heavy atom. The van der Waals surface area contributed by atoms with Crippen molar-refractivity contribution in [2.24, 2.45) is 0 Å². The van der Waals surface area contributed by atoms with Crippen molar-refractivity contribution in [1.82, 2.24) is 19.3 Å². The minimum Gasteiger partial charge on any atom is -0.308 e. The number of aryl methyl sites for hydroxylation is 2. The first-order chi connectivity index (χ1) is 13.8. The van der Waals surface area contributed by atoms with E-state index in [2.05, 4.69) is 15.5 Å². The number of aromatic nitrogens is 4. The average Bonchev–Trinajstić information content (AvgIpc) is 3.31. The normalized spacial score (nSPS) is 11.1. The molecule has 0 atom stereocenters. The summed E-state index contributed by atoms with van der Waals surface area (Å²) in [6.07, 6.45) is 0. The maximum absolute atomic E-state index is 14.0. The predicted octanol–water partition coefficient (Wildman–Crippen LogP) is 2.33. The molecule has 1 amide bonds. The summed E-state index contributed by atoms with van der Waals surface area (Å²) in [5.41, 5.74) is 0.346. The molecule has 4 aromatic rings. The van der Waals surface area contributed by atoms with Gasteiger partial charge >= 0.3 is 5.69 Å². The summed E-state index contributed by atoms with van der Waals surface area (Å²) in [4.78, 5) is 38.4. The number of nitrogens with zero attached hydrogens (tertiary/aromatic N) is 3. The lowest BCUT2D eigenvalue weighted by Crippen LogP contribution is -2.40. The molecule has 0 aliphatic carbocycles. The SMILES string of the molecule is Cc1cc(NC(=O)Cn2c(=O)n(-c3ccc(C)c(F)c3)c(=O)c3sccc32)n[nH]1. The van der Waals surface area contributed by atoms with Crippen LogP contribution in [0.3, 0.4) is 0 Å². The van der Waals surface area contributed by atoms with E-state index in [9.17, 15) is 18.8 Å². The van der Waals surface area contributed by atoms with Crippen LogP contribution in [0.1, 0.15) is 11.3 Å². The van der Waals surface area contributed by atoms with Crippen LogP contribution in [0.2, 0.25) is 0 Å². The number of thiophene rings is 1. The monoisotopic (exact) mass is 413 g/mol. The molecule has 0 fully saturated rings. The Morgan fingerprint density at radius 1 is 1.24 bits per heavy atom. The third-order valence-corrected chi connectivity index (χ3v) is 5.34. The number of benzene rings is 1. The number of hydrogen-bond acceptors (Lipinski definition) is 5. The number of aromatic amines is 1. The summed E-state index contributed by atoms with van der Waals surface area (Å²) in [7, 11) is 0.